The summed E-state index contributed by atoms with van der Waals surface area (Å²) in [6.45, 7) is 1.99. The van der Waals surface area contributed by atoms with Crippen LogP contribution in [-0.4, -0.2) is 6.36 Å². The Morgan fingerprint density at radius 1 is 1.16 bits per heavy atom. The van der Waals surface area contributed by atoms with Crippen LogP contribution in [0.2, 0.25) is 0 Å². The molecule has 0 amide bonds. The number of rotatable bonds is 4. The van der Waals surface area contributed by atoms with Crippen molar-refractivity contribution in [3.8, 4) is 5.75 Å². The minimum atomic E-state index is -4.65. The molecule has 0 fully saturated rings. The lowest BCUT2D eigenvalue weighted by molar-refractivity contribution is -0.274. The van der Waals surface area contributed by atoms with Crippen LogP contribution in [0.4, 0.5) is 18.9 Å². The van der Waals surface area contributed by atoms with Crippen LogP contribution in [-0.2, 0) is 0 Å². The first-order valence-corrected chi connectivity index (χ1v) is 6.53. The van der Waals surface area contributed by atoms with Crippen LogP contribution < -0.4 is 10.1 Å². The third-order valence-corrected chi connectivity index (χ3v) is 3.22. The van der Waals surface area contributed by atoms with E-state index in [1.165, 1.54) is 12.1 Å². The standard InChI is InChI=1S/C13H12F3NOS/c1-9(10-6-7-19-8-10)17-11-2-4-12(5-3-11)18-13(14,15)16/h2-9,17H,1H3. The fourth-order valence-corrected chi connectivity index (χ4v) is 2.36. The highest BCUT2D eigenvalue weighted by molar-refractivity contribution is 7.07. The molecule has 0 aliphatic carbocycles. The average Bonchev–Trinajstić information content (AvgIpc) is 2.83. The van der Waals surface area contributed by atoms with Crippen LogP contribution >= 0.6 is 11.3 Å². The van der Waals surface area contributed by atoms with Crippen molar-refractivity contribution >= 4 is 17.0 Å². The molecule has 2 aromatic rings. The van der Waals surface area contributed by atoms with Crippen molar-refractivity contribution in [3.63, 3.8) is 0 Å². The molecule has 0 saturated carbocycles. The Kier molecular flexibility index (Phi) is 3.99. The van der Waals surface area contributed by atoms with E-state index >= 15 is 0 Å². The summed E-state index contributed by atoms with van der Waals surface area (Å²) >= 11 is 1.60. The molecule has 1 heterocycles. The summed E-state index contributed by atoms with van der Waals surface area (Å²) in [5.74, 6) is -0.221. The lowest BCUT2D eigenvalue weighted by Gasteiger charge is -2.15. The molecule has 0 saturated heterocycles. The van der Waals surface area contributed by atoms with Crippen molar-refractivity contribution in [2.45, 2.75) is 19.3 Å². The Bertz CT molecular complexity index is 508. The summed E-state index contributed by atoms with van der Waals surface area (Å²) < 4.78 is 39.8. The molecule has 1 atom stereocenters. The second-order valence-electron chi connectivity index (χ2n) is 3.99. The van der Waals surface area contributed by atoms with Crippen molar-refractivity contribution < 1.29 is 17.9 Å². The molecule has 19 heavy (non-hydrogen) atoms. The molecule has 0 spiro atoms. The van der Waals surface area contributed by atoms with Crippen LogP contribution in [0, 0.1) is 0 Å². The SMILES string of the molecule is CC(Nc1ccc(OC(F)(F)F)cc1)c1ccsc1. The molecular weight excluding hydrogens is 275 g/mol. The van der Waals surface area contributed by atoms with Crippen molar-refractivity contribution in [2.24, 2.45) is 0 Å². The van der Waals surface area contributed by atoms with Gasteiger partial charge in [-0.1, -0.05) is 0 Å². The number of nitrogens with one attached hydrogen (secondary N) is 1. The molecule has 0 radical (unpaired) electrons. The maximum absolute atomic E-state index is 12.0. The van der Waals surface area contributed by atoms with Gasteiger partial charge in [0.05, 0.1) is 0 Å². The minimum Gasteiger partial charge on any atom is -0.406 e. The van der Waals surface area contributed by atoms with Crippen molar-refractivity contribution in [2.75, 3.05) is 5.32 Å². The van der Waals surface area contributed by atoms with E-state index in [2.05, 4.69) is 10.1 Å². The van der Waals surface area contributed by atoms with Crippen molar-refractivity contribution in [1.29, 1.82) is 0 Å². The zero-order valence-corrected chi connectivity index (χ0v) is 10.9. The van der Waals surface area contributed by atoms with Gasteiger partial charge in [-0.2, -0.15) is 11.3 Å². The first-order valence-electron chi connectivity index (χ1n) is 5.58. The van der Waals surface area contributed by atoms with E-state index in [1.807, 2.05) is 23.8 Å². The second kappa shape index (κ2) is 5.52. The molecule has 1 unspecified atom stereocenters. The van der Waals surface area contributed by atoms with E-state index in [-0.39, 0.29) is 11.8 Å². The molecule has 1 aromatic heterocycles. The van der Waals surface area contributed by atoms with Crippen LogP contribution in [0.25, 0.3) is 0 Å². The maximum atomic E-state index is 12.0. The summed E-state index contributed by atoms with van der Waals surface area (Å²) in [6.07, 6.45) is -4.65. The maximum Gasteiger partial charge on any atom is 0.573 e. The molecule has 6 heteroatoms. The van der Waals surface area contributed by atoms with E-state index in [9.17, 15) is 13.2 Å². The molecule has 102 valence electrons. The summed E-state index contributed by atoms with van der Waals surface area (Å²) in [6, 6.07) is 7.80. The highest BCUT2D eigenvalue weighted by atomic mass is 32.1. The van der Waals surface area contributed by atoms with Gasteiger partial charge in [-0.05, 0) is 53.6 Å². The lowest BCUT2D eigenvalue weighted by Crippen LogP contribution is -2.17. The predicted molar refractivity (Wildman–Crippen MR) is 69.5 cm³/mol. The van der Waals surface area contributed by atoms with Gasteiger partial charge in [-0.3, -0.25) is 0 Å². The van der Waals surface area contributed by atoms with Gasteiger partial charge >= 0.3 is 6.36 Å². The summed E-state index contributed by atoms with van der Waals surface area (Å²) in [7, 11) is 0. The molecule has 1 N–H and O–H groups in total. The Hall–Kier alpha value is -1.69. The third kappa shape index (κ3) is 4.17. The topological polar surface area (TPSA) is 21.3 Å². The van der Waals surface area contributed by atoms with E-state index in [1.54, 1.807) is 23.5 Å². The first-order chi connectivity index (χ1) is 8.94. The molecule has 2 nitrogen and oxygen atoms in total. The fraction of sp³-hybridized carbons (Fsp3) is 0.231. The highest BCUT2D eigenvalue weighted by Gasteiger charge is 2.30. The van der Waals surface area contributed by atoms with Gasteiger partial charge in [0.1, 0.15) is 5.75 Å². The number of benzene rings is 1. The fourth-order valence-electron chi connectivity index (χ4n) is 1.61. The number of hydrogen-bond donors (Lipinski definition) is 1. The van der Waals surface area contributed by atoms with Crippen LogP contribution in [0.5, 0.6) is 5.75 Å². The summed E-state index contributed by atoms with van der Waals surface area (Å²) in [4.78, 5) is 0. The number of halogens is 3. The molecule has 2 rings (SSSR count). The van der Waals surface area contributed by atoms with Crippen molar-refractivity contribution in [3.05, 3.63) is 46.7 Å². The minimum absolute atomic E-state index is 0.0978. The van der Waals surface area contributed by atoms with E-state index < -0.39 is 6.36 Å². The molecular formula is C13H12F3NOS. The largest absolute Gasteiger partial charge is 0.573 e. The van der Waals surface area contributed by atoms with Crippen molar-refractivity contribution in [1.82, 2.24) is 0 Å². The number of alkyl halides is 3. The van der Waals surface area contributed by atoms with Gasteiger partial charge in [0, 0.05) is 11.7 Å². The number of anilines is 1. The van der Waals surface area contributed by atoms with E-state index in [0.717, 1.165) is 11.3 Å². The van der Waals surface area contributed by atoms with Gasteiger partial charge in [-0.25, -0.2) is 0 Å². The van der Waals surface area contributed by atoms with E-state index in [4.69, 9.17) is 0 Å². The second-order valence-corrected chi connectivity index (χ2v) is 4.77. The molecule has 0 aliphatic heterocycles. The highest BCUT2D eigenvalue weighted by Crippen LogP contribution is 2.26. The van der Waals surface area contributed by atoms with Crippen LogP contribution in [0.3, 0.4) is 0 Å². The quantitative estimate of drug-likeness (QED) is 0.870. The van der Waals surface area contributed by atoms with E-state index in [0.29, 0.717) is 0 Å². The Morgan fingerprint density at radius 2 is 1.84 bits per heavy atom. The Balaban J connectivity index is 1.99. The normalized spacial score (nSPS) is 13.1. The zero-order chi connectivity index (χ0) is 13.9. The van der Waals surface area contributed by atoms with Gasteiger partial charge in [0.25, 0.3) is 0 Å². The average molecular weight is 287 g/mol. The van der Waals surface area contributed by atoms with Gasteiger partial charge in [0.15, 0.2) is 0 Å². The Labute approximate surface area is 112 Å². The molecule has 1 aromatic carbocycles. The number of ether oxygens (including phenoxy) is 1. The zero-order valence-electron chi connectivity index (χ0n) is 10.1. The third-order valence-electron chi connectivity index (χ3n) is 2.51. The molecule has 0 aliphatic rings. The van der Waals surface area contributed by atoms with Gasteiger partial charge in [0.2, 0.25) is 0 Å². The van der Waals surface area contributed by atoms with Gasteiger partial charge < -0.3 is 10.1 Å². The number of hydrogen-bond acceptors (Lipinski definition) is 3. The van der Waals surface area contributed by atoms with Gasteiger partial charge in [-0.15, -0.1) is 13.2 Å². The summed E-state index contributed by atoms with van der Waals surface area (Å²) in [5, 5.41) is 7.21. The number of thiophene rings is 1. The summed E-state index contributed by atoms with van der Waals surface area (Å²) in [5.41, 5.74) is 1.88. The predicted octanol–water partition coefficient (Wildman–Crippen LogP) is 4.82. The van der Waals surface area contributed by atoms with Crippen LogP contribution in [0.1, 0.15) is 18.5 Å². The van der Waals surface area contributed by atoms with Crippen LogP contribution in [0.15, 0.2) is 41.1 Å². The molecule has 0 bridgehead atoms. The monoisotopic (exact) mass is 287 g/mol. The smallest absolute Gasteiger partial charge is 0.406 e. The Morgan fingerprint density at radius 3 is 2.37 bits per heavy atom. The lowest BCUT2D eigenvalue weighted by atomic mass is 10.1. The first kappa shape index (κ1) is 13.7.